The van der Waals surface area contributed by atoms with Gasteiger partial charge in [0.2, 0.25) is 0 Å². The molecule has 2 aromatic carbocycles. The molecule has 0 aliphatic carbocycles. The molecular weight excluding hydrogens is 272 g/mol. The van der Waals surface area contributed by atoms with Crippen LogP contribution in [0.2, 0.25) is 0 Å². The second-order valence-electron chi connectivity index (χ2n) is 5.14. The number of nitrogens with zero attached hydrogens (tertiary/aromatic N) is 2. The van der Waals surface area contributed by atoms with Crippen LogP contribution < -0.4 is 10.6 Å². The molecule has 0 fully saturated rings. The maximum Gasteiger partial charge on any atom is 0.173 e. The van der Waals surface area contributed by atoms with Crippen molar-refractivity contribution in [1.29, 1.82) is 0 Å². The Hall–Kier alpha value is -2.88. The Balaban J connectivity index is 1.92. The molecule has 0 aliphatic rings. The van der Waals surface area contributed by atoms with Gasteiger partial charge in [0.05, 0.1) is 0 Å². The molecule has 0 amide bonds. The average Bonchev–Trinajstić information content (AvgIpc) is 2.54. The zero-order valence-electron chi connectivity index (χ0n) is 12.7. The summed E-state index contributed by atoms with van der Waals surface area (Å²) in [6.45, 7) is 4.16. The maximum absolute atomic E-state index is 4.42. The molecule has 3 rings (SSSR count). The maximum atomic E-state index is 4.42. The minimum atomic E-state index is 0.705. The number of hydrogen-bond donors (Lipinski definition) is 2. The molecule has 22 heavy (non-hydrogen) atoms. The highest BCUT2D eigenvalue weighted by molar-refractivity contribution is 5.74. The van der Waals surface area contributed by atoms with Crippen molar-refractivity contribution in [3.63, 3.8) is 0 Å². The van der Waals surface area contributed by atoms with Crippen molar-refractivity contribution in [3.8, 4) is 0 Å². The van der Waals surface area contributed by atoms with E-state index in [4.69, 9.17) is 0 Å². The van der Waals surface area contributed by atoms with E-state index in [0.29, 0.717) is 11.6 Å². The Labute approximate surface area is 130 Å². The molecule has 0 atom stereocenters. The van der Waals surface area contributed by atoms with Gasteiger partial charge in [-0.1, -0.05) is 36.4 Å². The van der Waals surface area contributed by atoms with Gasteiger partial charge in [0.25, 0.3) is 0 Å². The lowest BCUT2D eigenvalue weighted by molar-refractivity contribution is 1.19. The molecular formula is C18H18N4. The van der Waals surface area contributed by atoms with Crippen molar-refractivity contribution in [2.45, 2.75) is 13.8 Å². The first-order valence-corrected chi connectivity index (χ1v) is 7.20. The summed E-state index contributed by atoms with van der Waals surface area (Å²) in [5, 5.41) is 6.69. The third-order valence-electron chi connectivity index (χ3n) is 3.46. The molecule has 1 aromatic heterocycles. The molecule has 1 heterocycles. The number of nitrogens with one attached hydrogen (secondary N) is 2. The van der Waals surface area contributed by atoms with Crippen LogP contribution in [0.25, 0.3) is 0 Å². The summed E-state index contributed by atoms with van der Waals surface area (Å²) in [6, 6.07) is 16.2. The second-order valence-corrected chi connectivity index (χ2v) is 5.14. The summed E-state index contributed by atoms with van der Waals surface area (Å²) >= 11 is 0. The monoisotopic (exact) mass is 290 g/mol. The van der Waals surface area contributed by atoms with E-state index in [0.717, 1.165) is 11.4 Å². The average molecular weight is 290 g/mol. The smallest absolute Gasteiger partial charge is 0.173 e. The van der Waals surface area contributed by atoms with E-state index >= 15 is 0 Å². The molecule has 4 nitrogen and oxygen atoms in total. The lowest BCUT2D eigenvalue weighted by atomic mass is 10.1. The van der Waals surface area contributed by atoms with Crippen LogP contribution in [0.1, 0.15) is 11.1 Å². The summed E-state index contributed by atoms with van der Waals surface area (Å²) < 4.78 is 0. The van der Waals surface area contributed by atoms with Crippen LogP contribution in [-0.4, -0.2) is 9.97 Å². The van der Waals surface area contributed by atoms with Gasteiger partial charge in [0.1, 0.15) is 0 Å². The number of para-hydroxylation sites is 2. The van der Waals surface area contributed by atoms with Crippen molar-refractivity contribution in [1.82, 2.24) is 9.97 Å². The van der Waals surface area contributed by atoms with Crippen molar-refractivity contribution in [2.75, 3.05) is 10.6 Å². The van der Waals surface area contributed by atoms with Crippen molar-refractivity contribution in [3.05, 3.63) is 72.1 Å². The fourth-order valence-corrected chi connectivity index (χ4v) is 2.31. The van der Waals surface area contributed by atoms with E-state index in [9.17, 15) is 0 Å². The normalized spacial score (nSPS) is 10.3. The highest BCUT2D eigenvalue weighted by atomic mass is 15.1. The lowest BCUT2D eigenvalue weighted by Gasteiger charge is -2.15. The molecule has 0 radical (unpaired) electrons. The first kappa shape index (κ1) is 14.1. The molecule has 0 bridgehead atoms. The third kappa shape index (κ3) is 3.06. The third-order valence-corrected chi connectivity index (χ3v) is 3.46. The molecule has 0 spiro atoms. The van der Waals surface area contributed by atoms with E-state index in [-0.39, 0.29) is 0 Å². The van der Waals surface area contributed by atoms with Gasteiger partial charge >= 0.3 is 0 Å². The van der Waals surface area contributed by atoms with Crippen LogP contribution >= 0.6 is 0 Å². The predicted octanol–water partition coefficient (Wildman–Crippen LogP) is 4.58. The largest absolute Gasteiger partial charge is 0.337 e. The quantitative estimate of drug-likeness (QED) is 0.738. The topological polar surface area (TPSA) is 49.8 Å². The van der Waals surface area contributed by atoms with Gasteiger partial charge in [0.15, 0.2) is 11.6 Å². The molecule has 4 heteroatoms. The fraction of sp³-hybridized carbons (Fsp3) is 0.111. The number of hydrogen-bond acceptors (Lipinski definition) is 4. The summed E-state index contributed by atoms with van der Waals surface area (Å²) in [6.07, 6.45) is 3.37. The fourth-order valence-electron chi connectivity index (χ4n) is 2.31. The Kier molecular flexibility index (Phi) is 4.01. The zero-order valence-corrected chi connectivity index (χ0v) is 12.7. The summed E-state index contributed by atoms with van der Waals surface area (Å²) in [7, 11) is 0. The van der Waals surface area contributed by atoms with Gasteiger partial charge in [-0.05, 0) is 37.1 Å². The van der Waals surface area contributed by atoms with E-state index in [2.05, 4.69) is 52.6 Å². The van der Waals surface area contributed by atoms with E-state index in [1.165, 1.54) is 11.1 Å². The van der Waals surface area contributed by atoms with Crippen LogP contribution in [0.3, 0.4) is 0 Å². The highest BCUT2D eigenvalue weighted by Crippen LogP contribution is 2.27. The number of anilines is 4. The SMILES string of the molecule is Cc1cccc(C)c1Nc1nccnc1Nc1ccccc1. The van der Waals surface area contributed by atoms with Crippen LogP contribution in [0.4, 0.5) is 23.0 Å². The molecule has 0 saturated carbocycles. The molecule has 0 aliphatic heterocycles. The van der Waals surface area contributed by atoms with Gasteiger partial charge in [-0.15, -0.1) is 0 Å². The summed E-state index contributed by atoms with van der Waals surface area (Å²) in [5.41, 5.74) is 4.40. The number of aromatic nitrogens is 2. The van der Waals surface area contributed by atoms with Crippen LogP contribution in [-0.2, 0) is 0 Å². The Morgan fingerprint density at radius 2 is 1.27 bits per heavy atom. The first-order chi connectivity index (χ1) is 10.7. The minimum Gasteiger partial charge on any atom is -0.337 e. The van der Waals surface area contributed by atoms with E-state index in [1.807, 2.05) is 30.3 Å². The Bertz CT molecular complexity index is 749. The zero-order chi connectivity index (χ0) is 15.4. The molecule has 2 N–H and O–H groups in total. The number of benzene rings is 2. The van der Waals surface area contributed by atoms with Crippen molar-refractivity contribution >= 4 is 23.0 Å². The number of aryl methyl sites for hydroxylation is 2. The van der Waals surface area contributed by atoms with Crippen LogP contribution in [0.5, 0.6) is 0 Å². The molecule has 110 valence electrons. The van der Waals surface area contributed by atoms with Crippen molar-refractivity contribution < 1.29 is 0 Å². The predicted molar refractivity (Wildman–Crippen MR) is 91.0 cm³/mol. The van der Waals surface area contributed by atoms with Gasteiger partial charge in [-0.25, -0.2) is 9.97 Å². The van der Waals surface area contributed by atoms with Crippen LogP contribution in [0.15, 0.2) is 60.9 Å². The van der Waals surface area contributed by atoms with E-state index < -0.39 is 0 Å². The van der Waals surface area contributed by atoms with Gasteiger partial charge in [-0.2, -0.15) is 0 Å². The van der Waals surface area contributed by atoms with Gasteiger partial charge in [0, 0.05) is 23.8 Å². The highest BCUT2D eigenvalue weighted by Gasteiger charge is 2.09. The Morgan fingerprint density at radius 3 is 1.91 bits per heavy atom. The Morgan fingerprint density at radius 1 is 0.682 bits per heavy atom. The van der Waals surface area contributed by atoms with Gasteiger partial charge < -0.3 is 10.6 Å². The minimum absolute atomic E-state index is 0.705. The standard InChI is InChI=1S/C18H18N4/c1-13-7-6-8-14(2)16(13)22-18-17(19-11-12-20-18)21-15-9-4-3-5-10-15/h3-12H,1-2H3,(H,19,21)(H,20,22). The summed E-state index contributed by atoms with van der Waals surface area (Å²) in [4.78, 5) is 8.81. The van der Waals surface area contributed by atoms with Gasteiger partial charge in [-0.3, -0.25) is 0 Å². The van der Waals surface area contributed by atoms with Crippen LogP contribution in [0, 0.1) is 13.8 Å². The second kappa shape index (κ2) is 6.26. The number of rotatable bonds is 4. The van der Waals surface area contributed by atoms with E-state index in [1.54, 1.807) is 12.4 Å². The van der Waals surface area contributed by atoms with Crippen molar-refractivity contribution in [2.24, 2.45) is 0 Å². The molecule has 0 unspecified atom stereocenters. The summed E-state index contributed by atoms with van der Waals surface area (Å²) in [5.74, 6) is 1.42. The lowest BCUT2D eigenvalue weighted by Crippen LogP contribution is -2.03. The molecule has 0 saturated heterocycles. The first-order valence-electron chi connectivity index (χ1n) is 7.20. The molecule has 3 aromatic rings.